The van der Waals surface area contributed by atoms with Crippen LogP contribution in [0.2, 0.25) is 0 Å². The topological polar surface area (TPSA) is 0 Å². The van der Waals surface area contributed by atoms with Crippen LogP contribution in [-0.4, -0.2) is 0 Å². The minimum Gasteiger partial charge on any atom is -0.109 e. The molecule has 4 unspecified atom stereocenters. The van der Waals surface area contributed by atoms with Gasteiger partial charge >= 0.3 is 0 Å². The third-order valence-corrected chi connectivity index (χ3v) is 4.07. The van der Waals surface area contributed by atoms with E-state index in [1.54, 1.807) is 0 Å². The Hall–Kier alpha value is 0.340. The molecule has 0 spiro atoms. The number of hydrogen-bond donors (Lipinski definition) is 0. The van der Waals surface area contributed by atoms with Crippen molar-refractivity contribution in [1.29, 1.82) is 0 Å². The van der Waals surface area contributed by atoms with Crippen LogP contribution in [0.1, 0.15) is 6.42 Å². The monoisotopic (exact) mass is 156 g/mol. The van der Waals surface area contributed by atoms with E-state index in [2.05, 4.69) is 30.6 Å². The van der Waals surface area contributed by atoms with Crippen LogP contribution in [0, 0.1) is 11.8 Å². The Bertz CT molecular complexity index is 183. The van der Waals surface area contributed by atoms with Gasteiger partial charge in [-0.3, -0.25) is 0 Å². The van der Waals surface area contributed by atoms with Crippen molar-refractivity contribution in [2.75, 3.05) is 0 Å². The molecule has 0 amide bonds. The largest absolute Gasteiger partial charge is 0.109 e. The fourth-order valence-electron chi connectivity index (χ4n) is 1.59. The van der Waals surface area contributed by atoms with E-state index >= 15 is 0 Å². The molecule has 2 rings (SSSR count). The summed E-state index contributed by atoms with van der Waals surface area (Å²) in [6.45, 7) is 0. The van der Waals surface area contributed by atoms with E-state index in [0.29, 0.717) is 0 Å². The van der Waals surface area contributed by atoms with Gasteiger partial charge in [-0.15, -0.1) is 18.5 Å². The predicted molar refractivity (Wildman–Crippen MR) is 47.2 cm³/mol. The summed E-state index contributed by atoms with van der Waals surface area (Å²) in [5.41, 5.74) is 0. The zero-order valence-electron chi connectivity index (χ0n) is 5.17. The van der Waals surface area contributed by atoms with E-state index in [9.17, 15) is 0 Å². The van der Waals surface area contributed by atoms with Crippen LogP contribution in [-0.2, 0) is 0 Å². The van der Waals surface area contributed by atoms with E-state index in [1.807, 2.05) is 0 Å². The van der Waals surface area contributed by atoms with Gasteiger partial charge in [-0.1, -0.05) is 12.2 Å². The summed E-state index contributed by atoms with van der Waals surface area (Å²) >= 11 is 0. The molecule has 0 saturated carbocycles. The highest BCUT2D eigenvalue weighted by atomic mass is 31.0. The molecule has 0 saturated heterocycles. The van der Waals surface area contributed by atoms with Gasteiger partial charge in [0.1, 0.15) is 0 Å². The predicted octanol–water partition coefficient (Wildman–Crippen LogP) is 2.15. The highest BCUT2D eigenvalue weighted by Crippen LogP contribution is 2.48. The molecule has 2 bridgehead atoms. The van der Waals surface area contributed by atoms with Crippen molar-refractivity contribution in [2.24, 2.45) is 11.8 Å². The van der Waals surface area contributed by atoms with E-state index in [0.717, 1.165) is 11.8 Å². The molecule has 0 aromatic heterocycles. The maximum Gasteiger partial charge on any atom is 0.00293 e. The smallest absolute Gasteiger partial charge is 0.00293 e. The Morgan fingerprint density at radius 1 is 1.11 bits per heavy atom. The summed E-state index contributed by atoms with van der Waals surface area (Å²) in [6.07, 6.45) is 5.97. The molecule has 4 atom stereocenters. The average molecular weight is 156 g/mol. The van der Waals surface area contributed by atoms with Crippen LogP contribution < -0.4 is 0 Å². The van der Waals surface area contributed by atoms with Crippen molar-refractivity contribution in [2.45, 2.75) is 6.42 Å². The standard InChI is InChI=1S/C7H10P2/c8-6-4-1-2-5(3-4)7(6)9/h1-2,4-5H,3,8-9H2. The van der Waals surface area contributed by atoms with Crippen LogP contribution in [0.5, 0.6) is 0 Å². The van der Waals surface area contributed by atoms with Gasteiger partial charge in [-0.25, -0.2) is 0 Å². The lowest BCUT2D eigenvalue weighted by Crippen LogP contribution is -1.85. The minimum atomic E-state index is 0.757. The fraction of sp³-hybridized carbons (Fsp3) is 0.429. The molecule has 0 heterocycles. The van der Waals surface area contributed by atoms with Crippen LogP contribution >= 0.6 is 18.5 Å². The first-order chi connectivity index (χ1) is 4.29. The Labute approximate surface area is 60.2 Å². The molecular formula is C7H10P2. The van der Waals surface area contributed by atoms with Crippen molar-refractivity contribution in [3.8, 4) is 0 Å². The van der Waals surface area contributed by atoms with Gasteiger partial charge in [0.05, 0.1) is 0 Å². The number of fused-ring (bicyclic) bond motifs is 2. The second-order valence-electron chi connectivity index (χ2n) is 2.74. The van der Waals surface area contributed by atoms with Crippen molar-refractivity contribution < 1.29 is 0 Å². The van der Waals surface area contributed by atoms with Gasteiger partial charge in [0, 0.05) is 11.8 Å². The lowest BCUT2D eigenvalue weighted by atomic mass is 10.2. The lowest BCUT2D eigenvalue weighted by Gasteiger charge is -2.05. The summed E-state index contributed by atoms with van der Waals surface area (Å²) < 4.78 is 0. The Kier molecular flexibility index (Phi) is 1.29. The average Bonchev–Trinajstić information content (AvgIpc) is 2.37. The third-order valence-electron chi connectivity index (χ3n) is 2.22. The Balaban J connectivity index is 2.41. The van der Waals surface area contributed by atoms with E-state index in [4.69, 9.17) is 0 Å². The SMILES string of the molecule is PC1=C(P)C2C=CC1C2. The van der Waals surface area contributed by atoms with Crippen LogP contribution in [0.15, 0.2) is 22.8 Å². The molecule has 0 aliphatic heterocycles. The van der Waals surface area contributed by atoms with E-state index in [1.165, 1.54) is 17.0 Å². The first kappa shape index (κ1) is 6.08. The van der Waals surface area contributed by atoms with Crippen molar-refractivity contribution >= 4 is 18.5 Å². The third kappa shape index (κ3) is 0.736. The summed E-state index contributed by atoms with van der Waals surface area (Å²) in [5, 5.41) is 3.01. The van der Waals surface area contributed by atoms with E-state index < -0.39 is 0 Å². The van der Waals surface area contributed by atoms with Crippen molar-refractivity contribution in [3.05, 3.63) is 22.8 Å². The molecule has 0 aromatic rings. The summed E-state index contributed by atoms with van der Waals surface area (Å²) in [7, 11) is 5.67. The molecule has 0 aromatic carbocycles. The molecule has 2 aliphatic rings. The van der Waals surface area contributed by atoms with Gasteiger partial charge in [0.25, 0.3) is 0 Å². The molecule has 0 N–H and O–H groups in total. The van der Waals surface area contributed by atoms with Crippen LogP contribution in [0.4, 0.5) is 0 Å². The molecule has 9 heavy (non-hydrogen) atoms. The van der Waals surface area contributed by atoms with Crippen molar-refractivity contribution in [1.82, 2.24) is 0 Å². The molecule has 0 fully saturated rings. The Morgan fingerprint density at radius 2 is 1.56 bits per heavy atom. The second kappa shape index (κ2) is 1.91. The maximum absolute atomic E-state index is 2.83. The first-order valence-corrected chi connectivity index (χ1v) is 4.38. The molecule has 0 radical (unpaired) electrons. The highest BCUT2D eigenvalue weighted by molar-refractivity contribution is 7.28. The molecule has 48 valence electrons. The number of rotatable bonds is 0. The maximum atomic E-state index is 2.83. The molecule has 0 nitrogen and oxygen atoms in total. The van der Waals surface area contributed by atoms with Gasteiger partial charge in [-0.2, -0.15) is 0 Å². The van der Waals surface area contributed by atoms with Crippen LogP contribution in [0.3, 0.4) is 0 Å². The first-order valence-electron chi connectivity index (χ1n) is 3.22. The molecular weight excluding hydrogens is 146 g/mol. The zero-order valence-corrected chi connectivity index (χ0v) is 7.48. The number of hydrogen-bond acceptors (Lipinski definition) is 0. The quantitative estimate of drug-likeness (QED) is 0.372. The molecule has 2 aliphatic carbocycles. The van der Waals surface area contributed by atoms with Gasteiger partial charge in [-0.05, 0) is 17.0 Å². The summed E-state index contributed by atoms with van der Waals surface area (Å²) in [6, 6.07) is 0. The summed E-state index contributed by atoms with van der Waals surface area (Å²) in [5.74, 6) is 1.51. The molecule has 2 heteroatoms. The van der Waals surface area contributed by atoms with Gasteiger partial charge < -0.3 is 0 Å². The van der Waals surface area contributed by atoms with Gasteiger partial charge in [0.2, 0.25) is 0 Å². The van der Waals surface area contributed by atoms with Crippen LogP contribution in [0.25, 0.3) is 0 Å². The van der Waals surface area contributed by atoms with Gasteiger partial charge in [0.15, 0.2) is 0 Å². The zero-order chi connectivity index (χ0) is 6.43. The normalized spacial score (nSPS) is 38.9. The Morgan fingerprint density at radius 3 is 1.78 bits per heavy atom. The number of allylic oxidation sites excluding steroid dienone is 4. The fourth-order valence-corrected chi connectivity index (χ4v) is 2.51. The summed E-state index contributed by atoms with van der Waals surface area (Å²) in [4.78, 5) is 0. The minimum absolute atomic E-state index is 0.757. The van der Waals surface area contributed by atoms with E-state index in [-0.39, 0.29) is 0 Å². The highest BCUT2D eigenvalue weighted by Gasteiger charge is 2.30. The second-order valence-corrected chi connectivity index (χ2v) is 3.99. The van der Waals surface area contributed by atoms with Crippen molar-refractivity contribution in [3.63, 3.8) is 0 Å². The lowest BCUT2D eigenvalue weighted by molar-refractivity contribution is 0.724.